The summed E-state index contributed by atoms with van der Waals surface area (Å²) in [5.41, 5.74) is 0.376. The first-order valence-electron chi connectivity index (χ1n) is 5.39. The van der Waals surface area contributed by atoms with E-state index in [4.69, 9.17) is 16.9 Å². The van der Waals surface area contributed by atoms with Crippen LogP contribution < -0.4 is 0 Å². The monoisotopic (exact) mass is 253 g/mol. The van der Waals surface area contributed by atoms with Gasteiger partial charge in [0.1, 0.15) is 11.7 Å². The van der Waals surface area contributed by atoms with Gasteiger partial charge in [-0.05, 0) is 24.1 Å². The summed E-state index contributed by atoms with van der Waals surface area (Å²) in [6.45, 7) is 3.65. The topological polar surface area (TPSA) is 40.9 Å². The van der Waals surface area contributed by atoms with E-state index >= 15 is 0 Å². The first kappa shape index (κ1) is 13.7. The average Bonchev–Trinajstić information content (AvgIpc) is 2.31. The third-order valence-corrected chi connectivity index (χ3v) is 3.11. The lowest BCUT2D eigenvalue weighted by Gasteiger charge is -2.14. The standard InChI is InChI=1S/C13H13ClFNO/c1-3-8(2)13(17)11(7-16)10-5-4-9(15)6-12(10)14/h4-6,8,11H,3H2,1-2H3. The number of benzene rings is 1. The number of rotatable bonds is 4. The first-order chi connectivity index (χ1) is 8.01. The zero-order chi connectivity index (χ0) is 13.0. The maximum atomic E-state index is 12.9. The lowest BCUT2D eigenvalue weighted by molar-refractivity contribution is -0.122. The van der Waals surface area contributed by atoms with Gasteiger partial charge in [0.2, 0.25) is 0 Å². The first-order valence-corrected chi connectivity index (χ1v) is 5.77. The quantitative estimate of drug-likeness (QED) is 0.821. The largest absolute Gasteiger partial charge is 0.298 e. The van der Waals surface area contributed by atoms with Crippen LogP contribution in [0.5, 0.6) is 0 Å². The fourth-order valence-electron chi connectivity index (χ4n) is 1.51. The lowest BCUT2D eigenvalue weighted by atomic mass is 9.88. The smallest absolute Gasteiger partial charge is 0.157 e. The van der Waals surface area contributed by atoms with E-state index in [9.17, 15) is 9.18 Å². The van der Waals surface area contributed by atoms with Gasteiger partial charge in [0.25, 0.3) is 0 Å². The molecule has 0 heterocycles. The van der Waals surface area contributed by atoms with Crippen LogP contribution in [0.1, 0.15) is 31.7 Å². The van der Waals surface area contributed by atoms with Crippen LogP contribution in [0.3, 0.4) is 0 Å². The van der Waals surface area contributed by atoms with Gasteiger partial charge >= 0.3 is 0 Å². The minimum atomic E-state index is -0.918. The van der Waals surface area contributed by atoms with E-state index in [1.165, 1.54) is 12.1 Å². The predicted molar refractivity (Wildman–Crippen MR) is 64.2 cm³/mol. The Labute approximate surface area is 105 Å². The molecule has 0 amide bonds. The molecule has 0 fully saturated rings. The lowest BCUT2D eigenvalue weighted by Crippen LogP contribution is -2.18. The summed E-state index contributed by atoms with van der Waals surface area (Å²) >= 11 is 5.85. The third kappa shape index (κ3) is 3.04. The Morgan fingerprint density at radius 2 is 2.24 bits per heavy atom. The molecule has 0 radical (unpaired) electrons. The van der Waals surface area contributed by atoms with Crippen LogP contribution >= 0.6 is 11.6 Å². The number of Topliss-reactive ketones (excluding diaryl/α,β-unsaturated/α-hetero) is 1. The van der Waals surface area contributed by atoms with E-state index in [1.54, 1.807) is 6.92 Å². The zero-order valence-electron chi connectivity index (χ0n) is 9.71. The molecular formula is C13H13ClFNO. The van der Waals surface area contributed by atoms with Gasteiger partial charge in [-0.25, -0.2) is 4.39 Å². The Morgan fingerprint density at radius 1 is 1.59 bits per heavy atom. The van der Waals surface area contributed by atoms with E-state index in [-0.39, 0.29) is 16.7 Å². The van der Waals surface area contributed by atoms with E-state index in [0.29, 0.717) is 12.0 Å². The molecule has 0 saturated carbocycles. The van der Waals surface area contributed by atoms with E-state index in [2.05, 4.69) is 0 Å². The molecule has 17 heavy (non-hydrogen) atoms. The molecular weight excluding hydrogens is 241 g/mol. The van der Waals surface area contributed by atoms with Crippen molar-refractivity contribution < 1.29 is 9.18 Å². The molecule has 0 N–H and O–H groups in total. The molecule has 1 rings (SSSR count). The van der Waals surface area contributed by atoms with Gasteiger partial charge in [-0.2, -0.15) is 5.26 Å². The number of halogens is 2. The third-order valence-electron chi connectivity index (χ3n) is 2.79. The SMILES string of the molecule is CCC(C)C(=O)C(C#N)c1ccc(F)cc1Cl. The Balaban J connectivity index is 3.11. The maximum absolute atomic E-state index is 12.9. The Morgan fingerprint density at radius 3 is 2.71 bits per heavy atom. The van der Waals surface area contributed by atoms with Crippen LogP contribution in [0.4, 0.5) is 4.39 Å². The van der Waals surface area contributed by atoms with Crippen LogP contribution in [0, 0.1) is 23.1 Å². The minimum Gasteiger partial charge on any atom is -0.298 e. The minimum absolute atomic E-state index is 0.119. The molecule has 1 aromatic rings. The van der Waals surface area contributed by atoms with Crippen molar-refractivity contribution >= 4 is 17.4 Å². The van der Waals surface area contributed by atoms with E-state index < -0.39 is 11.7 Å². The highest BCUT2D eigenvalue weighted by atomic mass is 35.5. The molecule has 0 aliphatic rings. The average molecular weight is 254 g/mol. The molecule has 0 saturated heterocycles. The molecule has 0 spiro atoms. The van der Waals surface area contributed by atoms with Crippen LogP contribution in [0.2, 0.25) is 5.02 Å². The summed E-state index contributed by atoms with van der Waals surface area (Å²) < 4.78 is 12.9. The van der Waals surface area contributed by atoms with Crippen molar-refractivity contribution in [2.45, 2.75) is 26.2 Å². The molecule has 2 nitrogen and oxygen atoms in total. The summed E-state index contributed by atoms with van der Waals surface area (Å²) in [4.78, 5) is 12.0. The van der Waals surface area contributed by atoms with Crippen LogP contribution in [0.15, 0.2) is 18.2 Å². The van der Waals surface area contributed by atoms with Crippen molar-refractivity contribution in [2.75, 3.05) is 0 Å². The molecule has 2 atom stereocenters. The van der Waals surface area contributed by atoms with Crippen LogP contribution in [-0.4, -0.2) is 5.78 Å². The number of nitrogens with zero attached hydrogens (tertiary/aromatic N) is 1. The second-order valence-corrected chi connectivity index (χ2v) is 4.35. The number of carbonyl (C=O) groups is 1. The summed E-state index contributed by atoms with van der Waals surface area (Å²) in [6, 6.07) is 5.65. The van der Waals surface area contributed by atoms with Crippen molar-refractivity contribution in [3.05, 3.63) is 34.6 Å². The van der Waals surface area contributed by atoms with Gasteiger partial charge in [-0.15, -0.1) is 0 Å². The number of ketones is 1. The van der Waals surface area contributed by atoms with Gasteiger partial charge in [0.05, 0.1) is 6.07 Å². The van der Waals surface area contributed by atoms with Gasteiger partial charge in [-0.3, -0.25) is 4.79 Å². The fraction of sp³-hybridized carbons (Fsp3) is 0.385. The van der Waals surface area contributed by atoms with Crippen molar-refractivity contribution in [1.29, 1.82) is 5.26 Å². The molecule has 0 aliphatic carbocycles. The Hall–Kier alpha value is -1.40. The van der Waals surface area contributed by atoms with Gasteiger partial charge in [-0.1, -0.05) is 31.5 Å². The van der Waals surface area contributed by atoms with Crippen molar-refractivity contribution in [1.82, 2.24) is 0 Å². The molecule has 4 heteroatoms. The highest BCUT2D eigenvalue weighted by molar-refractivity contribution is 6.31. The van der Waals surface area contributed by atoms with E-state index in [0.717, 1.165) is 6.07 Å². The second kappa shape index (κ2) is 5.79. The summed E-state index contributed by atoms with van der Waals surface area (Å²) in [6.07, 6.45) is 0.663. The Kier molecular flexibility index (Phi) is 4.65. The van der Waals surface area contributed by atoms with Crippen LogP contribution in [0.25, 0.3) is 0 Å². The number of carbonyl (C=O) groups excluding carboxylic acids is 1. The van der Waals surface area contributed by atoms with Crippen LogP contribution in [-0.2, 0) is 4.79 Å². The highest BCUT2D eigenvalue weighted by Crippen LogP contribution is 2.28. The molecule has 1 aromatic carbocycles. The molecule has 0 aromatic heterocycles. The van der Waals surface area contributed by atoms with E-state index in [1.807, 2.05) is 13.0 Å². The summed E-state index contributed by atoms with van der Waals surface area (Å²) in [5, 5.41) is 9.18. The van der Waals surface area contributed by atoms with Crippen molar-refractivity contribution in [3.63, 3.8) is 0 Å². The Bertz CT molecular complexity index is 467. The predicted octanol–water partition coefficient (Wildman–Crippen LogP) is 3.70. The second-order valence-electron chi connectivity index (χ2n) is 3.94. The number of hydrogen-bond donors (Lipinski definition) is 0. The molecule has 90 valence electrons. The molecule has 2 unspecified atom stereocenters. The van der Waals surface area contributed by atoms with Crippen molar-refractivity contribution in [3.8, 4) is 6.07 Å². The number of hydrogen-bond acceptors (Lipinski definition) is 2. The molecule has 0 aliphatic heterocycles. The normalized spacial score (nSPS) is 13.8. The zero-order valence-corrected chi connectivity index (χ0v) is 10.5. The highest BCUT2D eigenvalue weighted by Gasteiger charge is 2.26. The molecule has 0 bridgehead atoms. The number of nitriles is 1. The van der Waals surface area contributed by atoms with Crippen molar-refractivity contribution in [2.24, 2.45) is 5.92 Å². The van der Waals surface area contributed by atoms with Gasteiger partial charge in [0.15, 0.2) is 5.78 Å². The summed E-state index contributed by atoms with van der Waals surface area (Å²) in [5.74, 6) is -1.78. The maximum Gasteiger partial charge on any atom is 0.157 e. The fourth-order valence-corrected chi connectivity index (χ4v) is 1.78. The summed E-state index contributed by atoms with van der Waals surface area (Å²) in [7, 11) is 0. The van der Waals surface area contributed by atoms with Gasteiger partial charge < -0.3 is 0 Å². The van der Waals surface area contributed by atoms with Gasteiger partial charge in [0, 0.05) is 10.9 Å².